The number of ether oxygens (including phenoxy) is 1. The van der Waals surface area contributed by atoms with E-state index in [0.717, 1.165) is 24.9 Å². The molecule has 26 heavy (non-hydrogen) atoms. The van der Waals surface area contributed by atoms with Gasteiger partial charge in [0, 0.05) is 32.2 Å². The molecule has 3 rings (SSSR count). The third-order valence-electron chi connectivity index (χ3n) is 5.01. The Morgan fingerprint density at radius 2 is 2.19 bits per heavy atom. The molecule has 6 nitrogen and oxygen atoms in total. The highest BCUT2D eigenvalue weighted by molar-refractivity contribution is 6.32. The van der Waals surface area contributed by atoms with Gasteiger partial charge in [-0.25, -0.2) is 0 Å². The lowest BCUT2D eigenvalue weighted by atomic mass is 10.0. The van der Waals surface area contributed by atoms with Crippen molar-refractivity contribution in [3.63, 3.8) is 0 Å². The van der Waals surface area contributed by atoms with Crippen LogP contribution in [0.1, 0.15) is 25.3 Å². The van der Waals surface area contributed by atoms with Crippen LogP contribution in [-0.4, -0.2) is 66.5 Å². The number of likely N-dealkylation sites (tertiary alicyclic amines) is 1. The molecule has 0 spiro atoms. The highest BCUT2D eigenvalue weighted by atomic mass is 35.5. The smallest absolute Gasteiger partial charge is 0.263 e. The lowest BCUT2D eigenvalue weighted by molar-refractivity contribution is -0.144. The number of carbonyl (C=O) groups excluding carboxylic acids is 2. The number of carbonyl (C=O) groups is 2. The van der Waals surface area contributed by atoms with Crippen molar-refractivity contribution in [1.82, 2.24) is 15.1 Å². The van der Waals surface area contributed by atoms with Crippen LogP contribution in [0, 0.1) is 6.92 Å². The molecule has 2 fully saturated rings. The molecule has 0 radical (unpaired) electrons. The molecule has 1 aromatic carbocycles. The number of aryl methyl sites for hydroxylation is 1. The van der Waals surface area contributed by atoms with E-state index in [2.05, 4.69) is 5.32 Å². The fourth-order valence-corrected chi connectivity index (χ4v) is 3.78. The van der Waals surface area contributed by atoms with Crippen LogP contribution in [0.25, 0.3) is 0 Å². The average Bonchev–Trinajstić information content (AvgIpc) is 2.64. The van der Waals surface area contributed by atoms with Gasteiger partial charge in [0.2, 0.25) is 5.91 Å². The van der Waals surface area contributed by atoms with Crippen LogP contribution in [-0.2, 0) is 9.59 Å². The molecule has 7 heteroatoms. The van der Waals surface area contributed by atoms with E-state index in [-0.39, 0.29) is 17.9 Å². The zero-order valence-corrected chi connectivity index (χ0v) is 16.1. The topological polar surface area (TPSA) is 61.9 Å². The number of amides is 2. The second-order valence-corrected chi connectivity index (χ2v) is 7.45. The average molecular weight is 380 g/mol. The van der Waals surface area contributed by atoms with Crippen molar-refractivity contribution in [1.29, 1.82) is 0 Å². The van der Waals surface area contributed by atoms with Gasteiger partial charge in [-0.15, -0.1) is 0 Å². The van der Waals surface area contributed by atoms with Crippen LogP contribution >= 0.6 is 11.6 Å². The van der Waals surface area contributed by atoms with Crippen molar-refractivity contribution < 1.29 is 14.3 Å². The third kappa shape index (κ3) is 4.30. The second kappa shape index (κ2) is 8.27. The van der Waals surface area contributed by atoms with Crippen LogP contribution in [0.3, 0.4) is 0 Å². The first-order chi connectivity index (χ1) is 12.5. The summed E-state index contributed by atoms with van der Waals surface area (Å²) in [5.41, 5.74) is 1.03. The van der Waals surface area contributed by atoms with E-state index in [1.807, 2.05) is 28.9 Å². The molecule has 1 aromatic rings. The zero-order chi connectivity index (χ0) is 18.7. The summed E-state index contributed by atoms with van der Waals surface area (Å²) in [6.45, 7) is 6.87. The molecule has 2 atom stereocenters. The summed E-state index contributed by atoms with van der Waals surface area (Å²) in [6, 6.07) is 5.61. The van der Waals surface area contributed by atoms with Crippen molar-refractivity contribution in [3.8, 4) is 5.75 Å². The number of nitrogens with zero attached hydrogens (tertiary/aromatic N) is 2. The zero-order valence-electron chi connectivity index (χ0n) is 15.3. The maximum atomic E-state index is 12.9. The molecular weight excluding hydrogens is 354 g/mol. The lowest BCUT2D eigenvalue weighted by Crippen LogP contribution is -2.58. The summed E-state index contributed by atoms with van der Waals surface area (Å²) in [7, 11) is 0. The normalized spacial score (nSPS) is 22.3. The maximum Gasteiger partial charge on any atom is 0.263 e. The molecule has 2 heterocycles. The van der Waals surface area contributed by atoms with Gasteiger partial charge < -0.3 is 19.9 Å². The van der Waals surface area contributed by atoms with Gasteiger partial charge in [0.05, 0.1) is 11.6 Å². The van der Waals surface area contributed by atoms with Crippen molar-refractivity contribution in [3.05, 3.63) is 28.8 Å². The van der Waals surface area contributed by atoms with Crippen LogP contribution in [0.15, 0.2) is 18.2 Å². The van der Waals surface area contributed by atoms with E-state index >= 15 is 0 Å². The molecule has 2 amide bonds. The minimum Gasteiger partial charge on any atom is -0.479 e. The summed E-state index contributed by atoms with van der Waals surface area (Å²) in [6.07, 6.45) is 1.21. The molecule has 2 aliphatic rings. The van der Waals surface area contributed by atoms with E-state index in [4.69, 9.17) is 16.3 Å². The summed E-state index contributed by atoms with van der Waals surface area (Å²) in [4.78, 5) is 28.7. The maximum absolute atomic E-state index is 12.9. The van der Waals surface area contributed by atoms with Crippen molar-refractivity contribution >= 4 is 23.4 Å². The number of hydrogen-bond acceptors (Lipinski definition) is 4. The summed E-state index contributed by atoms with van der Waals surface area (Å²) >= 11 is 6.17. The number of benzene rings is 1. The Morgan fingerprint density at radius 3 is 2.96 bits per heavy atom. The van der Waals surface area contributed by atoms with Crippen molar-refractivity contribution in [2.75, 3.05) is 32.7 Å². The molecule has 142 valence electrons. The van der Waals surface area contributed by atoms with E-state index in [1.165, 1.54) is 0 Å². The number of piperidine rings is 1. The molecule has 2 saturated heterocycles. The molecule has 0 aliphatic carbocycles. The van der Waals surface area contributed by atoms with Gasteiger partial charge >= 0.3 is 0 Å². The predicted molar refractivity (Wildman–Crippen MR) is 100 cm³/mol. The molecule has 0 bridgehead atoms. The summed E-state index contributed by atoms with van der Waals surface area (Å²) < 4.78 is 5.83. The minimum absolute atomic E-state index is 0.0603. The Bertz CT molecular complexity index is 682. The van der Waals surface area contributed by atoms with E-state index in [1.54, 1.807) is 13.0 Å². The van der Waals surface area contributed by atoms with Crippen LogP contribution in [0.2, 0.25) is 5.02 Å². The molecular formula is C19H26ClN3O3. The highest BCUT2D eigenvalue weighted by Crippen LogP contribution is 2.27. The summed E-state index contributed by atoms with van der Waals surface area (Å²) in [5, 5.41) is 3.59. The second-order valence-electron chi connectivity index (χ2n) is 7.04. The number of halogens is 1. The predicted octanol–water partition coefficient (Wildman–Crippen LogP) is 1.84. The highest BCUT2D eigenvalue weighted by Gasteiger charge is 2.33. The van der Waals surface area contributed by atoms with Gasteiger partial charge in [0.15, 0.2) is 6.10 Å². The van der Waals surface area contributed by atoms with Crippen LogP contribution in [0.5, 0.6) is 5.75 Å². The largest absolute Gasteiger partial charge is 0.479 e. The van der Waals surface area contributed by atoms with E-state index in [0.29, 0.717) is 37.0 Å². The fourth-order valence-electron chi connectivity index (χ4n) is 3.62. The Morgan fingerprint density at radius 1 is 1.38 bits per heavy atom. The van der Waals surface area contributed by atoms with Crippen molar-refractivity contribution in [2.45, 2.75) is 38.8 Å². The Hall–Kier alpha value is -1.79. The molecule has 0 aromatic heterocycles. The Balaban J connectivity index is 1.63. The van der Waals surface area contributed by atoms with E-state index in [9.17, 15) is 9.59 Å². The molecule has 0 saturated carbocycles. The number of piperazine rings is 1. The van der Waals surface area contributed by atoms with Crippen LogP contribution in [0.4, 0.5) is 0 Å². The van der Waals surface area contributed by atoms with Gasteiger partial charge in [0.1, 0.15) is 5.75 Å². The third-order valence-corrected chi connectivity index (χ3v) is 5.33. The lowest BCUT2D eigenvalue weighted by Gasteiger charge is -2.41. The standard InChI is InChI=1S/C19H26ClN3O3/c1-13-5-6-16(20)17(10-13)26-14(2)19(25)22-8-3-4-15(12-22)23-9-7-21-11-18(23)24/h5-6,10,14-15,21H,3-4,7-9,11-12H2,1-2H3. The van der Waals surface area contributed by atoms with Gasteiger partial charge in [-0.2, -0.15) is 0 Å². The first kappa shape index (κ1) is 19.0. The first-order valence-corrected chi connectivity index (χ1v) is 9.55. The SMILES string of the molecule is Cc1ccc(Cl)c(OC(C)C(=O)N2CCCC(N3CCNCC3=O)C2)c1. The monoisotopic (exact) mass is 379 g/mol. The summed E-state index contributed by atoms with van der Waals surface area (Å²) in [5.74, 6) is 0.583. The van der Waals surface area contributed by atoms with E-state index < -0.39 is 6.10 Å². The molecule has 2 aliphatic heterocycles. The van der Waals surface area contributed by atoms with Gasteiger partial charge in [-0.05, 0) is 44.4 Å². The minimum atomic E-state index is -0.619. The fraction of sp³-hybridized carbons (Fsp3) is 0.579. The van der Waals surface area contributed by atoms with Gasteiger partial charge in [-0.1, -0.05) is 17.7 Å². The first-order valence-electron chi connectivity index (χ1n) is 9.17. The Kier molecular flexibility index (Phi) is 6.04. The molecule has 1 N–H and O–H groups in total. The quantitative estimate of drug-likeness (QED) is 0.867. The van der Waals surface area contributed by atoms with Gasteiger partial charge in [-0.3, -0.25) is 9.59 Å². The number of nitrogens with one attached hydrogen (secondary N) is 1. The van der Waals surface area contributed by atoms with Crippen LogP contribution < -0.4 is 10.1 Å². The number of rotatable bonds is 4. The van der Waals surface area contributed by atoms with Crippen molar-refractivity contribution in [2.24, 2.45) is 0 Å². The Labute approximate surface area is 159 Å². The molecule has 2 unspecified atom stereocenters. The number of hydrogen-bond donors (Lipinski definition) is 1. The van der Waals surface area contributed by atoms with Gasteiger partial charge in [0.25, 0.3) is 5.91 Å².